The minimum absolute atomic E-state index is 0.0467. The van der Waals surface area contributed by atoms with Gasteiger partial charge in [0.05, 0.1) is 24.8 Å². The van der Waals surface area contributed by atoms with E-state index in [1.165, 1.54) is 11.8 Å². The van der Waals surface area contributed by atoms with Crippen molar-refractivity contribution in [1.82, 2.24) is 25.1 Å². The Morgan fingerprint density at radius 3 is 2.77 bits per heavy atom. The van der Waals surface area contributed by atoms with Crippen LogP contribution in [-0.2, 0) is 11.2 Å². The van der Waals surface area contributed by atoms with Crippen molar-refractivity contribution in [2.45, 2.75) is 11.4 Å². The maximum Gasteiger partial charge on any atom is 0.230 e. The number of ether oxygens (including phenoxy) is 2. The van der Waals surface area contributed by atoms with E-state index in [-0.39, 0.29) is 11.7 Å². The number of amides is 1. The number of thioether (sulfide) groups is 1. The van der Waals surface area contributed by atoms with Crippen molar-refractivity contribution in [2.24, 2.45) is 0 Å². The van der Waals surface area contributed by atoms with Crippen molar-refractivity contribution in [3.8, 4) is 22.2 Å². The van der Waals surface area contributed by atoms with Crippen LogP contribution in [0.5, 0.6) is 11.5 Å². The summed E-state index contributed by atoms with van der Waals surface area (Å²) in [6.07, 6.45) is 0.700. The molecule has 0 spiro atoms. The highest BCUT2D eigenvalue weighted by atomic mass is 32.2. The van der Waals surface area contributed by atoms with E-state index in [1.807, 2.05) is 47.8 Å². The number of nitrogens with one attached hydrogen (secondary N) is 1. The van der Waals surface area contributed by atoms with Crippen molar-refractivity contribution in [1.29, 1.82) is 0 Å². The fourth-order valence-corrected chi connectivity index (χ4v) is 4.36. The van der Waals surface area contributed by atoms with E-state index in [0.29, 0.717) is 35.9 Å². The fourth-order valence-electron chi connectivity index (χ4n) is 2.98. The molecule has 10 heteroatoms. The van der Waals surface area contributed by atoms with E-state index in [4.69, 9.17) is 9.47 Å². The van der Waals surface area contributed by atoms with Crippen molar-refractivity contribution >= 4 is 34.7 Å². The van der Waals surface area contributed by atoms with Crippen LogP contribution in [0.1, 0.15) is 5.56 Å². The molecule has 0 saturated heterocycles. The van der Waals surface area contributed by atoms with Crippen molar-refractivity contribution in [2.75, 3.05) is 26.5 Å². The molecular formula is C21H21N5O3S2. The van der Waals surface area contributed by atoms with Crippen LogP contribution < -0.4 is 14.8 Å². The zero-order chi connectivity index (χ0) is 21.6. The molecule has 1 N–H and O–H groups in total. The molecule has 3 aromatic heterocycles. The first kappa shape index (κ1) is 21.1. The molecular weight excluding hydrogens is 434 g/mol. The summed E-state index contributed by atoms with van der Waals surface area (Å²) >= 11 is 2.96. The number of nitrogens with zero attached hydrogens (tertiary/aromatic N) is 4. The van der Waals surface area contributed by atoms with Crippen LogP contribution >= 0.6 is 23.1 Å². The maximum atomic E-state index is 12.3. The lowest BCUT2D eigenvalue weighted by atomic mass is 10.1. The number of carbonyl (C=O) groups is 1. The first-order valence-electron chi connectivity index (χ1n) is 9.54. The van der Waals surface area contributed by atoms with Gasteiger partial charge in [-0.1, -0.05) is 23.9 Å². The molecule has 0 atom stereocenters. The monoisotopic (exact) mass is 455 g/mol. The van der Waals surface area contributed by atoms with Gasteiger partial charge in [0.25, 0.3) is 0 Å². The first-order valence-corrected chi connectivity index (χ1v) is 11.4. The van der Waals surface area contributed by atoms with Gasteiger partial charge in [0.15, 0.2) is 23.0 Å². The number of hydrogen-bond acceptors (Lipinski definition) is 8. The molecule has 0 aliphatic rings. The zero-order valence-electron chi connectivity index (χ0n) is 17.1. The van der Waals surface area contributed by atoms with Crippen LogP contribution in [0.3, 0.4) is 0 Å². The van der Waals surface area contributed by atoms with Gasteiger partial charge in [-0.3, -0.25) is 4.79 Å². The Morgan fingerprint density at radius 2 is 2.00 bits per heavy atom. The third-order valence-electron chi connectivity index (χ3n) is 4.51. The molecule has 1 aromatic carbocycles. The summed E-state index contributed by atoms with van der Waals surface area (Å²) in [5.41, 5.74) is 1.73. The number of thiophene rings is 1. The van der Waals surface area contributed by atoms with E-state index in [9.17, 15) is 4.79 Å². The molecule has 160 valence electrons. The average Bonchev–Trinajstić information content (AvgIpc) is 3.47. The van der Waals surface area contributed by atoms with Crippen molar-refractivity contribution < 1.29 is 14.3 Å². The van der Waals surface area contributed by atoms with Crippen LogP contribution in [0.2, 0.25) is 0 Å². The Kier molecular flexibility index (Phi) is 6.68. The van der Waals surface area contributed by atoms with E-state index < -0.39 is 0 Å². The molecule has 0 bridgehead atoms. The first-order chi connectivity index (χ1) is 15.2. The van der Waals surface area contributed by atoms with Gasteiger partial charge >= 0.3 is 0 Å². The number of carbonyl (C=O) groups excluding carboxylic acids is 1. The van der Waals surface area contributed by atoms with E-state index in [2.05, 4.69) is 20.6 Å². The van der Waals surface area contributed by atoms with Crippen LogP contribution in [0.4, 0.5) is 0 Å². The van der Waals surface area contributed by atoms with Gasteiger partial charge in [-0.25, -0.2) is 0 Å². The van der Waals surface area contributed by atoms with Crippen LogP contribution in [-0.4, -0.2) is 52.2 Å². The molecule has 8 nitrogen and oxygen atoms in total. The number of hydrogen-bond donors (Lipinski definition) is 1. The topological polar surface area (TPSA) is 90.6 Å². The molecule has 31 heavy (non-hydrogen) atoms. The quantitative estimate of drug-likeness (QED) is 0.387. The number of benzene rings is 1. The predicted octanol–water partition coefficient (Wildman–Crippen LogP) is 3.32. The molecule has 1 amide bonds. The second-order valence-corrected chi connectivity index (χ2v) is 8.46. The molecule has 0 saturated carbocycles. The van der Waals surface area contributed by atoms with Gasteiger partial charge in [-0.2, -0.15) is 9.61 Å². The Labute approximate surface area is 187 Å². The van der Waals surface area contributed by atoms with E-state index in [1.54, 1.807) is 30.1 Å². The smallest absolute Gasteiger partial charge is 0.230 e. The zero-order valence-corrected chi connectivity index (χ0v) is 18.7. The maximum absolute atomic E-state index is 12.3. The van der Waals surface area contributed by atoms with Gasteiger partial charge in [-0.05, 0) is 47.7 Å². The van der Waals surface area contributed by atoms with Gasteiger partial charge in [0.1, 0.15) is 5.03 Å². The highest BCUT2D eigenvalue weighted by molar-refractivity contribution is 7.99. The molecule has 0 aliphatic carbocycles. The van der Waals surface area contributed by atoms with Crippen molar-refractivity contribution in [3.05, 3.63) is 53.4 Å². The molecule has 0 aliphatic heterocycles. The van der Waals surface area contributed by atoms with Gasteiger partial charge < -0.3 is 14.8 Å². The van der Waals surface area contributed by atoms with Crippen LogP contribution in [0, 0.1) is 0 Å². The number of fused-ring (bicyclic) bond motifs is 1. The van der Waals surface area contributed by atoms with Gasteiger partial charge in [0.2, 0.25) is 5.91 Å². The normalized spacial score (nSPS) is 10.9. The molecule has 4 aromatic rings. The summed E-state index contributed by atoms with van der Waals surface area (Å²) in [4.78, 5) is 13.3. The molecule has 4 rings (SSSR count). The average molecular weight is 456 g/mol. The van der Waals surface area contributed by atoms with Gasteiger partial charge in [0, 0.05) is 6.54 Å². The van der Waals surface area contributed by atoms with E-state index in [0.717, 1.165) is 15.5 Å². The van der Waals surface area contributed by atoms with Gasteiger partial charge in [-0.15, -0.1) is 21.5 Å². The lowest BCUT2D eigenvalue weighted by Crippen LogP contribution is -2.27. The Balaban J connectivity index is 1.31. The minimum atomic E-state index is -0.0467. The third kappa shape index (κ3) is 4.97. The molecule has 0 unspecified atom stereocenters. The minimum Gasteiger partial charge on any atom is -0.493 e. The lowest BCUT2D eigenvalue weighted by molar-refractivity contribution is -0.118. The summed E-state index contributed by atoms with van der Waals surface area (Å²) in [6, 6.07) is 13.4. The second-order valence-electron chi connectivity index (χ2n) is 6.52. The second kappa shape index (κ2) is 9.80. The Hall–Kier alpha value is -3.11. The number of aromatic nitrogens is 4. The van der Waals surface area contributed by atoms with E-state index >= 15 is 0 Å². The molecule has 3 heterocycles. The third-order valence-corrected chi connectivity index (χ3v) is 6.30. The summed E-state index contributed by atoms with van der Waals surface area (Å²) < 4.78 is 12.3. The van der Waals surface area contributed by atoms with Crippen LogP contribution in [0.15, 0.2) is 52.9 Å². The highest BCUT2D eigenvalue weighted by Crippen LogP contribution is 2.27. The Morgan fingerprint density at radius 1 is 1.13 bits per heavy atom. The molecule has 0 fully saturated rings. The summed E-state index contributed by atoms with van der Waals surface area (Å²) in [7, 11) is 3.21. The highest BCUT2D eigenvalue weighted by Gasteiger charge is 2.12. The number of methoxy groups -OCH3 is 2. The lowest BCUT2D eigenvalue weighted by Gasteiger charge is -2.10. The Bertz CT molecular complexity index is 1180. The summed E-state index contributed by atoms with van der Waals surface area (Å²) in [5, 5.41) is 18.6. The standard InChI is InChI=1S/C21H21N5O3S2/c1-28-15-6-5-14(12-16(15)29-2)9-10-22-19(27)13-31-20-8-7-18-23-24-21(26(18)25-20)17-4-3-11-30-17/h3-8,11-12H,9-10,13H2,1-2H3,(H,22,27). The SMILES string of the molecule is COc1ccc(CCNC(=O)CSc2ccc3nnc(-c4cccs4)n3n2)cc1OC. The fraction of sp³-hybridized carbons (Fsp3) is 0.238. The van der Waals surface area contributed by atoms with Crippen molar-refractivity contribution in [3.63, 3.8) is 0 Å². The van der Waals surface area contributed by atoms with Crippen LogP contribution in [0.25, 0.3) is 16.3 Å². The number of rotatable bonds is 9. The molecule has 0 radical (unpaired) electrons. The summed E-state index contributed by atoms with van der Waals surface area (Å²) in [5.74, 6) is 2.30. The summed E-state index contributed by atoms with van der Waals surface area (Å²) in [6.45, 7) is 0.537. The largest absolute Gasteiger partial charge is 0.493 e. The predicted molar refractivity (Wildman–Crippen MR) is 121 cm³/mol.